The van der Waals surface area contributed by atoms with Crippen molar-refractivity contribution in [3.8, 4) is 17.0 Å². The Labute approximate surface area is 200 Å². The van der Waals surface area contributed by atoms with Gasteiger partial charge in [-0.2, -0.15) is 5.10 Å². The van der Waals surface area contributed by atoms with Crippen LogP contribution in [0.4, 0.5) is 4.39 Å². The number of carbonyl (C=O) groups is 2. The van der Waals surface area contributed by atoms with Gasteiger partial charge in [0.1, 0.15) is 31.3 Å². The van der Waals surface area contributed by atoms with Crippen LogP contribution in [-0.2, 0) is 34.5 Å². The Balaban J connectivity index is 1.67. The van der Waals surface area contributed by atoms with E-state index in [2.05, 4.69) is 5.10 Å². The average Bonchev–Trinajstić information content (AvgIpc) is 3.16. The second-order valence-corrected chi connectivity index (χ2v) is 8.13. The Morgan fingerprint density at radius 1 is 1.24 bits per heavy atom. The van der Waals surface area contributed by atoms with Crippen molar-refractivity contribution in [1.82, 2.24) is 14.7 Å². The summed E-state index contributed by atoms with van der Waals surface area (Å²) < 4.78 is 31.8. The number of ether oxygens (including phenoxy) is 3. The maximum atomic E-state index is 14.4. The van der Waals surface area contributed by atoms with Gasteiger partial charge in [-0.3, -0.25) is 14.3 Å². The number of aromatic nitrogens is 2. The molecule has 3 aromatic rings. The van der Waals surface area contributed by atoms with Crippen LogP contribution >= 0.6 is 11.6 Å². The second kappa shape index (κ2) is 10.2. The second-order valence-electron chi connectivity index (χ2n) is 7.69. The zero-order valence-corrected chi connectivity index (χ0v) is 19.5. The summed E-state index contributed by atoms with van der Waals surface area (Å²) in [6, 6.07) is 11.3. The van der Waals surface area contributed by atoms with Gasteiger partial charge in [-0.25, -0.2) is 4.39 Å². The van der Waals surface area contributed by atoms with Crippen molar-refractivity contribution in [2.24, 2.45) is 7.05 Å². The molecule has 1 aliphatic heterocycles. The highest BCUT2D eigenvalue weighted by atomic mass is 35.5. The number of fused-ring (bicyclic) bond motifs is 3. The van der Waals surface area contributed by atoms with Gasteiger partial charge in [-0.1, -0.05) is 29.8 Å². The van der Waals surface area contributed by atoms with Gasteiger partial charge in [0.15, 0.2) is 5.69 Å². The number of halogens is 2. The molecule has 1 aliphatic rings. The van der Waals surface area contributed by atoms with E-state index in [0.29, 0.717) is 27.6 Å². The molecule has 0 bridgehead atoms. The number of benzene rings is 2. The molecule has 178 valence electrons. The summed E-state index contributed by atoms with van der Waals surface area (Å²) in [6.07, 6.45) is 0. The summed E-state index contributed by atoms with van der Waals surface area (Å²) in [7, 11) is 3.20. The highest BCUT2D eigenvalue weighted by Gasteiger charge is 2.32. The number of hydrogen-bond donors (Lipinski definition) is 0. The number of amides is 1. The number of nitrogens with zero attached hydrogens (tertiary/aromatic N) is 3. The van der Waals surface area contributed by atoms with Crippen LogP contribution < -0.4 is 4.74 Å². The van der Waals surface area contributed by atoms with Crippen LogP contribution in [0.2, 0.25) is 5.02 Å². The Bertz CT molecular complexity index is 1230. The van der Waals surface area contributed by atoms with Crippen LogP contribution in [-0.4, -0.2) is 53.4 Å². The molecule has 2 heterocycles. The van der Waals surface area contributed by atoms with E-state index >= 15 is 0 Å². The Morgan fingerprint density at radius 3 is 2.79 bits per heavy atom. The van der Waals surface area contributed by atoms with Crippen molar-refractivity contribution in [3.63, 3.8) is 0 Å². The lowest BCUT2D eigenvalue weighted by molar-refractivity contribution is -0.145. The number of hydrogen-bond acceptors (Lipinski definition) is 6. The molecule has 4 rings (SSSR count). The third kappa shape index (κ3) is 4.90. The quantitative estimate of drug-likeness (QED) is 0.356. The van der Waals surface area contributed by atoms with Crippen molar-refractivity contribution >= 4 is 23.5 Å². The minimum absolute atomic E-state index is 0.0431. The fourth-order valence-corrected chi connectivity index (χ4v) is 3.97. The summed E-state index contributed by atoms with van der Waals surface area (Å²) in [5.74, 6) is -1.04. The molecule has 0 atom stereocenters. The lowest BCUT2D eigenvalue weighted by atomic mass is 10.0. The first kappa shape index (κ1) is 23.7. The molecule has 1 aromatic heterocycles. The standard InChI is InChI=1S/C24H23ClFN3O5/c1-28-23-17-11-16(25)7-8-20(17)34-14-18(23)22(27-28)24(31)29(13-21(30)33-10-9-32-2)12-15-5-3-4-6-19(15)26/h3-8,11H,9-10,12-14H2,1-2H3. The monoisotopic (exact) mass is 487 g/mol. The third-order valence-electron chi connectivity index (χ3n) is 5.39. The molecule has 10 heteroatoms. The van der Waals surface area contributed by atoms with Crippen LogP contribution in [0.5, 0.6) is 5.75 Å². The molecule has 0 radical (unpaired) electrons. The van der Waals surface area contributed by atoms with E-state index in [1.54, 1.807) is 48.1 Å². The fraction of sp³-hybridized carbons (Fsp3) is 0.292. The van der Waals surface area contributed by atoms with Crippen LogP contribution in [0.25, 0.3) is 11.3 Å². The first-order valence-electron chi connectivity index (χ1n) is 10.5. The Kier molecular flexibility index (Phi) is 7.14. The lowest BCUT2D eigenvalue weighted by Gasteiger charge is -2.23. The topological polar surface area (TPSA) is 82.9 Å². The molecule has 0 aliphatic carbocycles. The number of methoxy groups -OCH3 is 1. The SMILES string of the molecule is COCCOC(=O)CN(Cc1ccccc1F)C(=O)c1nn(C)c2c1COc1ccc(Cl)cc1-2. The molecule has 2 aromatic carbocycles. The predicted octanol–water partition coefficient (Wildman–Crippen LogP) is 3.60. The zero-order valence-electron chi connectivity index (χ0n) is 18.7. The minimum Gasteiger partial charge on any atom is -0.488 e. The Morgan fingerprint density at radius 2 is 2.03 bits per heavy atom. The number of aryl methyl sites for hydroxylation is 1. The largest absolute Gasteiger partial charge is 0.488 e. The van der Waals surface area contributed by atoms with Crippen LogP contribution in [0.1, 0.15) is 21.6 Å². The maximum Gasteiger partial charge on any atom is 0.325 e. The molecule has 0 saturated heterocycles. The van der Waals surface area contributed by atoms with Crippen LogP contribution in [0.15, 0.2) is 42.5 Å². The maximum absolute atomic E-state index is 14.4. The van der Waals surface area contributed by atoms with E-state index in [0.717, 1.165) is 0 Å². The molecule has 1 amide bonds. The van der Waals surface area contributed by atoms with E-state index in [9.17, 15) is 14.0 Å². The molecule has 0 spiro atoms. The van der Waals surface area contributed by atoms with Gasteiger partial charge in [0, 0.05) is 42.4 Å². The Hall–Kier alpha value is -3.43. The van der Waals surface area contributed by atoms with Crippen molar-refractivity contribution in [2.45, 2.75) is 13.2 Å². The molecule has 0 saturated carbocycles. The van der Waals surface area contributed by atoms with E-state index in [1.165, 1.54) is 18.1 Å². The van der Waals surface area contributed by atoms with Crippen molar-refractivity contribution in [1.29, 1.82) is 0 Å². The molecule has 8 nitrogen and oxygen atoms in total. The molecule has 34 heavy (non-hydrogen) atoms. The van der Waals surface area contributed by atoms with E-state index < -0.39 is 17.7 Å². The first-order chi connectivity index (χ1) is 16.4. The molecular formula is C24H23ClFN3O5. The molecular weight excluding hydrogens is 465 g/mol. The van der Waals surface area contributed by atoms with Gasteiger partial charge in [-0.15, -0.1) is 0 Å². The van der Waals surface area contributed by atoms with E-state index in [-0.39, 0.29) is 44.2 Å². The van der Waals surface area contributed by atoms with Gasteiger partial charge in [0.05, 0.1) is 12.3 Å². The third-order valence-corrected chi connectivity index (χ3v) is 5.63. The average molecular weight is 488 g/mol. The van der Waals surface area contributed by atoms with Crippen molar-refractivity contribution < 1.29 is 28.2 Å². The summed E-state index contributed by atoms with van der Waals surface area (Å²) in [5, 5.41) is 4.94. The highest BCUT2D eigenvalue weighted by molar-refractivity contribution is 6.31. The zero-order chi connectivity index (χ0) is 24.2. The summed E-state index contributed by atoms with van der Waals surface area (Å²) >= 11 is 6.17. The number of rotatable bonds is 8. The van der Waals surface area contributed by atoms with Gasteiger partial charge in [0.25, 0.3) is 5.91 Å². The van der Waals surface area contributed by atoms with Gasteiger partial charge >= 0.3 is 5.97 Å². The first-order valence-corrected chi connectivity index (χ1v) is 10.9. The normalized spacial score (nSPS) is 11.9. The summed E-state index contributed by atoms with van der Waals surface area (Å²) in [5.41, 5.74) is 2.35. The number of esters is 1. The van der Waals surface area contributed by atoms with Crippen molar-refractivity contribution in [3.05, 3.63) is 70.1 Å². The summed E-state index contributed by atoms with van der Waals surface area (Å²) in [6.45, 7) is -0.142. The van der Waals surface area contributed by atoms with E-state index in [4.69, 9.17) is 25.8 Å². The smallest absolute Gasteiger partial charge is 0.325 e. The predicted molar refractivity (Wildman–Crippen MR) is 122 cm³/mol. The molecule has 0 N–H and O–H groups in total. The highest BCUT2D eigenvalue weighted by Crippen LogP contribution is 2.40. The lowest BCUT2D eigenvalue weighted by Crippen LogP contribution is -2.37. The van der Waals surface area contributed by atoms with Gasteiger partial charge in [0.2, 0.25) is 0 Å². The molecule has 0 unspecified atom stereocenters. The number of carbonyl (C=O) groups excluding carboxylic acids is 2. The minimum atomic E-state index is -0.639. The van der Waals surface area contributed by atoms with Crippen LogP contribution in [0, 0.1) is 5.82 Å². The fourth-order valence-electron chi connectivity index (χ4n) is 3.80. The van der Waals surface area contributed by atoms with E-state index in [1.807, 2.05) is 0 Å². The van der Waals surface area contributed by atoms with Crippen LogP contribution in [0.3, 0.4) is 0 Å². The molecule has 0 fully saturated rings. The summed E-state index contributed by atoms with van der Waals surface area (Å²) in [4.78, 5) is 27.2. The van der Waals surface area contributed by atoms with Gasteiger partial charge in [-0.05, 0) is 24.3 Å². The van der Waals surface area contributed by atoms with Gasteiger partial charge < -0.3 is 19.1 Å². The van der Waals surface area contributed by atoms with Crippen molar-refractivity contribution in [2.75, 3.05) is 26.9 Å².